The van der Waals surface area contributed by atoms with Gasteiger partial charge in [-0.1, -0.05) is 6.92 Å². The zero-order valence-electron chi connectivity index (χ0n) is 12.5. The summed E-state index contributed by atoms with van der Waals surface area (Å²) in [6, 6.07) is 0. The highest BCUT2D eigenvalue weighted by molar-refractivity contribution is 5.66. The number of ether oxygens (including phenoxy) is 3. The SMILES string of the molecule is CC[C@@]1(CC[C@H](OC(C)=O)[C@@]2(C)CCCO2)O[C@H]1C. The van der Waals surface area contributed by atoms with Gasteiger partial charge in [0.05, 0.1) is 11.7 Å². The van der Waals surface area contributed by atoms with E-state index < -0.39 is 0 Å². The fourth-order valence-corrected chi connectivity index (χ4v) is 3.25. The van der Waals surface area contributed by atoms with Crippen molar-refractivity contribution in [1.29, 1.82) is 0 Å². The topological polar surface area (TPSA) is 48.1 Å². The number of carbonyl (C=O) groups is 1. The van der Waals surface area contributed by atoms with E-state index in [2.05, 4.69) is 20.8 Å². The van der Waals surface area contributed by atoms with Crippen molar-refractivity contribution in [2.24, 2.45) is 0 Å². The first-order chi connectivity index (χ1) is 8.92. The first-order valence-corrected chi connectivity index (χ1v) is 7.41. The van der Waals surface area contributed by atoms with Gasteiger partial charge in [-0.3, -0.25) is 4.79 Å². The van der Waals surface area contributed by atoms with Crippen LogP contribution in [0.25, 0.3) is 0 Å². The van der Waals surface area contributed by atoms with E-state index in [0.29, 0.717) is 6.10 Å². The van der Waals surface area contributed by atoms with Crippen molar-refractivity contribution >= 4 is 5.97 Å². The zero-order chi connectivity index (χ0) is 14.1. The molecule has 4 heteroatoms. The Balaban J connectivity index is 1.96. The Morgan fingerprint density at radius 1 is 1.53 bits per heavy atom. The molecule has 19 heavy (non-hydrogen) atoms. The van der Waals surface area contributed by atoms with Crippen molar-refractivity contribution in [3.8, 4) is 0 Å². The van der Waals surface area contributed by atoms with Crippen molar-refractivity contribution in [3.63, 3.8) is 0 Å². The minimum Gasteiger partial charge on any atom is -0.459 e. The molecule has 2 fully saturated rings. The van der Waals surface area contributed by atoms with Gasteiger partial charge in [-0.15, -0.1) is 0 Å². The Labute approximate surface area is 115 Å². The van der Waals surface area contributed by atoms with E-state index in [1.807, 2.05) is 0 Å². The van der Waals surface area contributed by atoms with Crippen molar-refractivity contribution in [1.82, 2.24) is 0 Å². The van der Waals surface area contributed by atoms with Crippen LogP contribution in [0.15, 0.2) is 0 Å². The summed E-state index contributed by atoms with van der Waals surface area (Å²) in [7, 11) is 0. The first-order valence-electron chi connectivity index (χ1n) is 7.41. The molecule has 2 saturated heterocycles. The number of rotatable bonds is 6. The average molecular weight is 270 g/mol. The van der Waals surface area contributed by atoms with E-state index in [1.54, 1.807) is 0 Å². The van der Waals surface area contributed by atoms with Crippen LogP contribution in [-0.2, 0) is 19.0 Å². The highest BCUT2D eigenvalue weighted by Gasteiger charge is 2.52. The molecule has 0 saturated carbocycles. The lowest BCUT2D eigenvalue weighted by molar-refractivity contribution is -0.164. The second kappa shape index (κ2) is 5.41. The molecule has 0 unspecified atom stereocenters. The maximum Gasteiger partial charge on any atom is 0.303 e. The molecule has 0 N–H and O–H groups in total. The van der Waals surface area contributed by atoms with Crippen molar-refractivity contribution in [3.05, 3.63) is 0 Å². The van der Waals surface area contributed by atoms with E-state index >= 15 is 0 Å². The lowest BCUT2D eigenvalue weighted by Gasteiger charge is -2.33. The first kappa shape index (κ1) is 14.8. The Hall–Kier alpha value is -0.610. The molecule has 0 aromatic rings. The average Bonchev–Trinajstić information content (AvgIpc) is 2.78. The number of hydrogen-bond donors (Lipinski definition) is 0. The van der Waals surface area contributed by atoms with E-state index in [-0.39, 0.29) is 23.3 Å². The molecular weight excluding hydrogens is 244 g/mol. The van der Waals surface area contributed by atoms with Crippen LogP contribution in [0.3, 0.4) is 0 Å². The Bertz CT molecular complexity index is 331. The largest absolute Gasteiger partial charge is 0.459 e. The predicted octanol–water partition coefficient (Wildman–Crippen LogP) is 2.83. The summed E-state index contributed by atoms with van der Waals surface area (Å²) in [6.45, 7) is 8.55. The summed E-state index contributed by atoms with van der Waals surface area (Å²) >= 11 is 0. The van der Waals surface area contributed by atoms with Gasteiger partial charge in [-0.2, -0.15) is 0 Å². The highest BCUT2D eigenvalue weighted by atomic mass is 16.6. The lowest BCUT2D eigenvalue weighted by atomic mass is 9.87. The van der Waals surface area contributed by atoms with Gasteiger partial charge < -0.3 is 14.2 Å². The molecule has 0 aliphatic carbocycles. The molecule has 4 nitrogen and oxygen atoms in total. The second-order valence-corrected chi connectivity index (χ2v) is 6.08. The minimum atomic E-state index is -0.321. The Morgan fingerprint density at radius 2 is 2.21 bits per heavy atom. The van der Waals surface area contributed by atoms with Gasteiger partial charge in [-0.05, 0) is 46.0 Å². The molecule has 2 aliphatic heterocycles. The van der Waals surface area contributed by atoms with Crippen LogP contribution in [0.1, 0.15) is 59.8 Å². The van der Waals surface area contributed by atoms with Gasteiger partial charge in [0.2, 0.25) is 0 Å². The van der Waals surface area contributed by atoms with Gasteiger partial charge in [0.25, 0.3) is 0 Å². The molecule has 2 aliphatic rings. The van der Waals surface area contributed by atoms with Crippen LogP contribution < -0.4 is 0 Å². The van der Waals surface area contributed by atoms with Crippen LogP contribution >= 0.6 is 0 Å². The van der Waals surface area contributed by atoms with Crippen molar-refractivity contribution in [2.45, 2.75) is 83.2 Å². The van der Waals surface area contributed by atoms with Crippen LogP contribution in [0.5, 0.6) is 0 Å². The van der Waals surface area contributed by atoms with Crippen molar-refractivity contribution in [2.75, 3.05) is 6.61 Å². The standard InChI is InChI=1S/C15H26O4/c1-5-15(11(2)19-15)9-7-13(18-12(3)16)14(4)8-6-10-17-14/h11,13H,5-10H2,1-4H3/t11-,13-,14+,15-/m0/s1. The lowest BCUT2D eigenvalue weighted by Crippen LogP contribution is -2.42. The van der Waals surface area contributed by atoms with Gasteiger partial charge in [0, 0.05) is 13.5 Å². The maximum absolute atomic E-state index is 11.3. The number of esters is 1. The zero-order valence-corrected chi connectivity index (χ0v) is 12.5. The van der Waals surface area contributed by atoms with E-state index in [9.17, 15) is 4.79 Å². The van der Waals surface area contributed by atoms with E-state index in [0.717, 1.165) is 38.7 Å². The third kappa shape index (κ3) is 3.11. The fraction of sp³-hybridized carbons (Fsp3) is 0.933. The van der Waals surface area contributed by atoms with Crippen LogP contribution in [-0.4, -0.2) is 36.0 Å². The van der Waals surface area contributed by atoms with Crippen molar-refractivity contribution < 1.29 is 19.0 Å². The summed E-state index contributed by atoms with van der Waals surface area (Å²) in [5.41, 5.74) is -0.313. The summed E-state index contributed by atoms with van der Waals surface area (Å²) in [5.74, 6) is -0.225. The molecule has 0 aromatic carbocycles. The third-order valence-corrected chi connectivity index (χ3v) is 4.76. The molecule has 0 aromatic heterocycles. The second-order valence-electron chi connectivity index (χ2n) is 6.08. The van der Waals surface area contributed by atoms with Gasteiger partial charge in [-0.25, -0.2) is 0 Å². The molecule has 4 atom stereocenters. The molecule has 0 spiro atoms. The van der Waals surface area contributed by atoms with Gasteiger partial charge in [0.1, 0.15) is 11.7 Å². The Kier molecular flexibility index (Phi) is 4.21. The van der Waals surface area contributed by atoms with Crippen LogP contribution in [0.4, 0.5) is 0 Å². The molecule has 0 bridgehead atoms. The maximum atomic E-state index is 11.3. The number of carbonyl (C=O) groups excluding carboxylic acids is 1. The predicted molar refractivity (Wildman–Crippen MR) is 71.9 cm³/mol. The molecule has 0 radical (unpaired) electrons. The monoisotopic (exact) mass is 270 g/mol. The fourth-order valence-electron chi connectivity index (χ4n) is 3.25. The Morgan fingerprint density at radius 3 is 2.63 bits per heavy atom. The normalized spacial score (nSPS) is 39.1. The highest BCUT2D eigenvalue weighted by Crippen LogP contribution is 2.45. The minimum absolute atomic E-state index is 0.00730. The summed E-state index contributed by atoms with van der Waals surface area (Å²) in [4.78, 5) is 11.3. The summed E-state index contributed by atoms with van der Waals surface area (Å²) < 4.78 is 17.1. The molecule has 2 rings (SSSR count). The third-order valence-electron chi connectivity index (χ3n) is 4.76. The molecule has 110 valence electrons. The summed E-state index contributed by atoms with van der Waals surface area (Å²) in [6.07, 6.45) is 4.93. The molecule has 2 heterocycles. The molecular formula is C15H26O4. The van der Waals surface area contributed by atoms with Crippen LogP contribution in [0.2, 0.25) is 0 Å². The molecule has 0 amide bonds. The smallest absolute Gasteiger partial charge is 0.303 e. The number of epoxide rings is 1. The van der Waals surface area contributed by atoms with Gasteiger partial charge in [0.15, 0.2) is 0 Å². The quantitative estimate of drug-likeness (QED) is 0.550. The summed E-state index contributed by atoms with van der Waals surface area (Å²) in [5, 5.41) is 0. The number of hydrogen-bond acceptors (Lipinski definition) is 4. The van der Waals surface area contributed by atoms with E-state index in [1.165, 1.54) is 6.92 Å². The van der Waals surface area contributed by atoms with E-state index in [4.69, 9.17) is 14.2 Å². The van der Waals surface area contributed by atoms with Gasteiger partial charge >= 0.3 is 5.97 Å². The van der Waals surface area contributed by atoms with Crippen LogP contribution in [0, 0.1) is 0 Å².